The quantitative estimate of drug-likeness (QED) is 0.912. The molecule has 1 aliphatic carbocycles. The molecule has 5 nitrogen and oxygen atoms in total. The summed E-state index contributed by atoms with van der Waals surface area (Å²) in [7, 11) is 1.73. The van der Waals surface area contributed by atoms with E-state index in [4.69, 9.17) is 0 Å². The second-order valence-electron chi connectivity index (χ2n) is 5.39. The van der Waals surface area contributed by atoms with Gasteiger partial charge in [0.15, 0.2) is 0 Å². The third-order valence-electron chi connectivity index (χ3n) is 3.92. The second kappa shape index (κ2) is 6.50. The fourth-order valence-electron chi connectivity index (χ4n) is 2.85. The zero-order chi connectivity index (χ0) is 14.5. The van der Waals surface area contributed by atoms with Gasteiger partial charge in [0.2, 0.25) is 5.91 Å². The minimum atomic E-state index is -0.849. The van der Waals surface area contributed by atoms with Gasteiger partial charge in [0.25, 0.3) is 0 Å². The molecule has 2 atom stereocenters. The number of rotatable bonds is 4. The summed E-state index contributed by atoms with van der Waals surface area (Å²) in [5, 5.41) is 9.25. The van der Waals surface area contributed by atoms with Crippen molar-refractivity contribution in [2.24, 2.45) is 11.8 Å². The highest BCUT2D eigenvalue weighted by molar-refractivity contribution is 5.84. The molecule has 1 aromatic heterocycles. The highest BCUT2D eigenvalue weighted by Crippen LogP contribution is 2.31. The number of carbonyl (C=O) groups is 2. The van der Waals surface area contributed by atoms with Crippen LogP contribution in [-0.4, -0.2) is 33.9 Å². The minimum Gasteiger partial charge on any atom is -0.481 e. The van der Waals surface area contributed by atoms with Crippen LogP contribution in [0.15, 0.2) is 24.5 Å². The number of carboxylic acid groups (broad SMARTS) is 1. The van der Waals surface area contributed by atoms with E-state index in [1.54, 1.807) is 24.3 Å². The second-order valence-corrected chi connectivity index (χ2v) is 5.39. The van der Waals surface area contributed by atoms with Crippen LogP contribution >= 0.6 is 0 Å². The van der Waals surface area contributed by atoms with Crippen molar-refractivity contribution < 1.29 is 14.7 Å². The molecule has 5 heteroatoms. The van der Waals surface area contributed by atoms with Crippen molar-refractivity contribution >= 4 is 11.9 Å². The van der Waals surface area contributed by atoms with Crippen LogP contribution in [0.4, 0.5) is 0 Å². The molecule has 2 rings (SSSR count). The molecule has 1 heterocycles. The molecule has 20 heavy (non-hydrogen) atoms. The summed E-state index contributed by atoms with van der Waals surface area (Å²) in [5.74, 6) is -1.84. The highest BCUT2D eigenvalue weighted by atomic mass is 16.4. The molecular weight excluding hydrogens is 256 g/mol. The molecule has 2 unspecified atom stereocenters. The summed E-state index contributed by atoms with van der Waals surface area (Å²) in [5.41, 5.74) is 0.950. The van der Waals surface area contributed by atoms with Crippen LogP contribution in [0.25, 0.3) is 0 Å². The van der Waals surface area contributed by atoms with Gasteiger partial charge in [-0.3, -0.25) is 14.6 Å². The van der Waals surface area contributed by atoms with Crippen molar-refractivity contribution in [1.82, 2.24) is 9.88 Å². The average molecular weight is 276 g/mol. The predicted molar refractivity (Wildman–Crippen MR) is 73.8 cm³/mol. The summed E-state index contributed by atoms with van der Waals surface area (Å²) < 4.78 is 0. The molecule has 1 aliphatic rings. The number of nitrogens with zero attached hydrogens (tertiary/aromatic N) is 2. The molecule has 0 spiro atoms. The van der Waals surface area contributed by atoms with Crippen molar-refractivity contribution in [3.8, 4) is 0 Å². The van der Waals surface area contributed by atoms with Gasteiger partial charge in [-0.25, -0.2) is 0 Å². The van der Waals surface area contributed by atoms with E-state index in [9.17, 15) is 14.7 Å². The Balaban J connectivity index is 2.03. The zero-order valence-electron chi connectivity index (χ0n) is 11.7. The van der Waals surface area contributed by atoms with E-state index in [0.717, 1.165) is 18.4 Å². The van der Waals surface area contributed by atoms with E-state index >= 15 is 0 Å². The molecule has 0 saturated heterocycles. The van der Waals surface area contributed by atoms with Crippen LogP contribution in [0.5, 0.6) is 0 Å². The number of amides is 1. The van der Waals surface area contributed by atoms with Crippen molar-refractivity contribution in [3.63, 3.8) is 0 Å². The number of carboxylic acids is 1. The van der Waals surface area contributed by atoms with Crippen LogP contribution in [0.1, 0.15) is 31.2 Å². The van der Waals surface area contributed by atoms with Crippen LogP contribution in [0, 0.1) is 11.8 Å². The number of pyridine rings is 1. The number of carbonyl (C=O) groups excluding carboxylic acids is 1. The number of hydrogen-bond acceptors (Lipinski definition) is 3. The molecule has 1 fully saturated rings. The lowest BCUT2D eigenvalue weighted by molar-refractivity contribution is -0.152. The van der Waals surface area contributed by atoms with Crippen molar-refractivity contribution in [1.29, 1.82) is 0 Å². The van der Waals surface area contributed by atoms with E-state index in [1.807, 2.05) is 12.1 Å². The van der Waals surface area contributed by atoms with Crippen molar-refractivity contribution in [2.45, 2.75) is 32.2 Å². The Morgan fingerprint density at radius 2 is 2.05 bits per heavy atom. The molecule has 1 aromatic rings. The smallest absolute Gasteiger partial charge is 0.307 e. The van der Waals surface area contributed by atoms with Crippen LogP contribution in [0.2, 0.25) is 0 Å². The fourth-order valence-corrected chi connectivity index (χ4v) is 2.85. The van der Waals surface area contributed by atoms with E-state index in [1.165, 1.54) is 0 Å². The monoisotopic (exact) mass is 276 g/mol. The van der Waals surface area contributed by atoms with Gasteiger partial charge in [0.1, 0.15) is 0 Å². The first-order valence-corrected chi connectivity index (χ1v) is 6.96. The lowest BCUT2D eigenvalue weighted by atomic mass is 9.78. The van der Waals surface area contributed by atoms with E-state index < -0.39 is 11.9 Å². The van der Waals surface area contributed by atoms with Crippen LogP contribution in [0.3, 0.4) is 0 Å². The minimum absolute atomic E-state index is 0.0686. The average Bonchev–Trinajstić information content (AvgIpc) is 2.47. The Hall–Kier alpha value is -1.91. The summed E-state index contributed by atoms with van der Waals surface area (Å²) in [6.45, 7) is 0.468. The maximum absolute atomic E-state index is 12.5. The van der Waals surface area contributed by atoms with Gasteiger partial charge < -0.3 is 10.0 Å². The summed E-state index contributed by atoms with van der Waals surface area (Å²) in [4.78, 5) is 29.4. The van der Waals surface area contributed by atoms with Crippen molar-refractivity contribution in [3.05, 3.63) is 30.1 Å². The highest BCUT2D eigenvalue weighted by Gasteiger charge is 2.36. The first-order chi connectivity index (χ1) is 9.59. The molecular formula is C15H20N2O3. The van der Waals surface area contributed by atoms with Gasteiger partial charge in [-0.05, 0) is 24.5 Å². The largest absolute Gasteiger partial charge is 0.481 e. The topological polar surface area (TPSA) is 70.5 Å². The molecule has 0 aromatic carbocycles. The number of aromatic nitrogens is 1. The normalized spacial score (nSPS) is 22.2. The van der Waals surface area contributed by atoms with Gasteiger partial charge in [0, 0.05) is 26.0 Å². The number of hydrogen-bond donors (Lipinski definition) is 1. The Bertz CT molecular complexity index is 475. The Morgan fingerprint density at radius 3 is 2.65 bits per heavy atom. The maximum Gasteiger partial charge on any atom is 0.307 e. The predicted octanol–water partition coefficient (Wildman–Crippen LogP) is 1.93. The molecule has 1 N–H and O–H groups in total. The van der Waals surface area contributed by atoms with E-state index in [0.29, 0.717) is 19.4 Å². The lowest BCUT2D eigenvalue weighted by Gasteiger charge is -2.31. The summed E-state index contributed by atoms with van der Waals surface area (Å²) in [6, 6.07) is 3.74. The molecule has 1 amide bonds. The third-order valence-corrected chi connectivity index (χ3v) is 3.92. The first-order valence-electron chi connectivity index (χ1n) is 6.96. The Labute approximate surface area is 118 Å². The van der Waals surface area contributed by atoms with Gasteiger partial charge in [0.05, 0.1) is 11.8 Å². The van der Waals surface area contributed by atoms with Crippen molar-refractivity contribution in [2.75, 3.05) is 7.05 Å². The summed E-state index contributed by atoms with van der Waals surface area (Å²) >= 11 is 0. The maximum atomic E-state index is 12.5. The lowest BCUT2D eigenvalue weighted by Crippen LogP contribution is -2.40. The van der Waals surface area contributed by atoms with Gasteiger partial charge >= 0.3 is 5.97 Å². The number of aliphatic carboxylic acids is 1. The molecule has 1 saturated carbocycles. The molecule has 0 aliphatic heterocycles. The fraction of sp³-hybridized carbons (Fsp3) is 0.533. The van der Waals surface area contributed by atoms with Gasteiger partial charge in [-0.15, -0.1) is 0 Å². The first kappa shape index (κ1) is 14.5. The Morgan fingerprint density at radius 1 is 1.35 bits per heavy atom. The molecule has 0 radical (unpaired) electrons. The third kappa shape index (κ3) is 3.35. The molecule has 0 bridgehead atoms. The van der Waals surface area contributed by atoms with Crippen LogP contribution in [-0.2, 0) is 16.1 Å². The Kier molecular flexibility index (Phi) is 4.71. The summed E-state index contributed by atoms with van der Waals surface area (Å²) in [6.07, 6.45) is 6.51. The van der Waals surface area contributed by atoms with Gasteiger partial charge in [-0.1, -0.05) is 18.9 Å². The SMILES string of the molecule is CN(Cc1cccnc1)C(=O)C1CCCCC1C(=O)O. The standard InChI is InChI=1S/C15H20N2O3/c1-17(10-11-5-4-8-16-9-11)14(18)12-6-2-3-7-13(12)15(19)20/h4-5,8-9,12-13H,2-3,6-7,10H2,1H3,(H,19,20). The zero-order valence-corrected chi connectivity index (χ0v) is 11.7. The van der Waals surface area contributed by atoms with Gasteiger partial charge in [-0.2, -0.15) is 0 Å². The molecule has 108 valence electrons. The van der Waals surface area contributed by atoms with Crippen LogP contribution < -0.4 is 0 Å². The van der Waals surface area contributed by atoms with E-state index in [2.05, 4.69) is 4.98 Å². The van der Waals surface area contributed by atoms with E-state index in [-0.39, 0.29) is 11.8 Å².